The third-order valence-electron chi connectivity index (χ3n) is 3.61. The van der Waals surface area contributed by atoms with Crippen LogP contribution in [0.4, 0.5) is 23.0 Å². The van der Waals surface area contributed by atoms with Gasteiger partial charge in [-0.2, -0.15) is 5.11 Å². The second kappa shape index (κ2) is 5.06. The average Bonchev–Trinajstić information content (AvgIpc) is 2.92. The molecule has 0 aliphatic rings. The molecule has 4 aromatic rings. The third kappa shape index (κ3) is 2.34. The van der Waals surface area contributed by atoms with Gasteiger partial charge < -0.3 is 11.5 Å². The molecule has 0 spiro atoms. The zero-order chi connectivity index (χ0) is 15.8. The molecule has 0 fully saturated rings. The van der Waals surface area contributed by atoms with Crippen LogP contribution in [-0.4, -0.2) is 9.97 Å². The molecule has 0 aliphatic carbocycles. The van der Waals surface area contributed by atoms with Crippen LogP contribution in [0.2, 0.25) is 0 Å². The number of nitrogens with one attached hydrogen (secondary N) is 2. The van der Waals surface area contributed by atoms with Gasteiger partial charge in [0.2, 0.25) is 0 Å². The van der Waals surface area contributed by atoms with E-state index in [1.165, 1.54) is 0 Å². The average molecular weight is 304 g/mol. The Balaban J connectivity index is 1.76. The lowest BCUT2D eigenvalue weighted by atomic mass is 10.2. The maximum absolute atomic E-state index is 5.78. The van der Waals surface area contributed by atoms with Gasteiger partial charge >= 0.3 is 0 Å². The topological polar surface area (TPSA) is 120 Å². The van der Waals surface area contributed by atoms with Gasteiger partial charge in [-0.3, -0.25) is 0 Å². The van der Waals surface area contributed by atoms with Crippen LogP contribution < -0.4 is 16.5 Å². The minimum absolute atomic E-state index is 0.261. The van der Waals surface area contributed by atoms with E-state index >= 15 is 0 Å². The lowest BCUT2D eigenvalue weighted by molar-refractivity contribution is -0.347. The van der Waals surface area contributed by atoms with Gasteiger partial charge in [-0.1, -0.05) is 0 Å². The molecule has 0 amide bonds. The number of aromatic amines is 2. The van der Waals surface area contributed by atoms with E-state index < -0.39 is 0 Å². The first-order valence-corrected chi connectivity index (χ1v) is 7.06. The minimum Gasteiger partial charge on any atom is -0.384 e. The molecule has 0 saturated carbocycles. The van der Waals surface area contributed by atoms with E-state index in [1.807, 2.05) is 36.5 Å². The van der Waals surface area contributed by atoms with E-state index in [-0.39, 0.29) is 5.82 Å². The van der Waals surface area contributed by atoms with Crippen molar-refractivity contribution in [3.63, 3.8) is 0 Å². The number of anilines is 2. The minimum atomic E-state index is 0.261. The number of nitrogens with two attached hydrogens (primary N) is 2. The quantitative estimate of drug-likeness (QED) is 0.493. The van der Waals surface area contributed by atoms with Gasteiger partial charge in [-0.05, 0) is 42.5 Å². The zero-order valence-electron chi connectivity index (χ0n) is 12.1. The van der Waals surface area contributed by atoms with Crippen LogP contribution in [-0.2, 0) is 0 Å². The second-order valence-corrected chi connectivity index (χ2v) is 5.15. The van der Waals surface area contributed by atoms with E-state index in [2.05, 4.69) is 25.2 Å². The number of aromatic nitrogens is 3. The number of nitrogen functional groups attached to an aromatic ring is 2. The molecule has 23 heavy (non-hydrogen) atoms. The van der Waals surface area contributed by atoms with Crippen LogP contribution in [0.15, 0.2) is 58.9 Å². The zero-order valence-corrected chi connectivity index (χ0v) is 12.1. The predicted octanol–water partition coefficient (Wildman–Crippen LogP) is 3.11. The molecule has 3 heterocycles. The molecule has 1 aromatic carbocycles. The van der Waals surface area contributed by atoms with E-state index in [0.717, 1.165) is 27.6 Å². The van der Waals surface area contributed by atoms with E-state index in [0.29, 0.717) is 11.5 Å². The fourth-order valence-corrected chi connectivity index (χ4v) is 2.51. The summed E-state index contributed by atoms with van der Waals surface area (Å²) in [6.45, 7) is 0. The molecule has 4 rings (SSSR count). The van der Waals surface area contributed by atoms with E-state index in [9.17, 15) is 0 Å². The van der Waals surface area contributed by atoms with Crippen molar-refractivity contribution >= 4 is 44.9 Å². The first kappa shape index (κ1) is 13.2. The number of H-pyrrole nitrogens is 2. The summed E-state index contributed by atoms with van der Waals surface area (Å²) in [5.74, 6) is 0.620. The number of fused-ring (bicyclic) bond motifs is 3. The smallest absolute Gasteiger partial charge is 0.285 e. The van der Waals surface area contributed by atoms with Crippen molar-refractivity contribution < 1.29 is 4.98 Å². The maximum Gasteiger partial charge on any atom is 0.285 e. The highest BCUT2D eigenvalue weighted by atomic mass is 15.1. The Hall–Kier alpha value is -3.48. The molecule has 112 valence electrons. The summed E-state index contributed by atoms with van der Waals surface area (Å²) in [6, 6.07) is 13.2. The molecule has 0 atom stereocenters. The molecule has 0 aliphatic heterocycles. The van der Waals surface area contributed by atoms with Gasteiger partial charge in [0.25, 0.3) is 5.65 Å². The Morgan fingerprint density at radius 3 is 2.78 bits per heavy atom. The van der Waals surface area contributed by atoms with Gasteiger partial charge in [0.15, 0.2) is 5.82 Å². The largest absolute Gasteiger partial charge is 0.384 e. The van der Waals surface area contributed by atoms with Crippen molar-refractivity contribution in [2.45, 2.75) is 0 Å². The highest BCUT2D eigenvalue weighted by Gasteiger charge is 2.10. The summed E-state index contributed by atoms with van der Waals surface area (Å²) in [4.78, 5) is 10.5. The monoisotopic (exact) mass is 304 g/mol. The van der Waals surface area contributed by atoms with Gasteiger partial charge in [-0.25, -0.2) is 15.0 Å². The van der Waals surface area contributed by atoms with Crippen molar-refractivity contribution in [2.24, 2.45) is 10.2 Å². The number of nitrogens with zero attached hydrogens (tertiary/aromatic N) is 3. The third-order valence-corrected chi connectivity index (χ3v) is 3.61. The predicted molar refractivity (Wildman–Crippen MR) is 89.6 cm³/mol. The van der Waals surface area contributed by atoms with Crippen molar-refractivity contribution in [3.8, 4) is 0 Å². The molecule has 3 aromatic heterocycles. The summed E-state index contributed by atoms with van der Waals surface area (Å²) in [5.41, 5.74) is 14.6. The van der Waals surface area contributed by atoms with Gasteiger partial charge in [0.05, 0.1) is 17.3 Å². The lowest BCUT2D eigenvalue weighted by Crippen LogP contribution is -1.99. The SMILES string of the molecule is Nc1ccc(N=Nc2ccc3[nH]c4[nH+]cccc4c3c2)c(N)n1. The number of rotatable bonds is 2. The van der Waals surface area contributed by atoms with Crippen molar-refractivity contribution in [3.05, 3.63) is 48.7 Å². The molecule has 0 unspecified atom stereocenters. The lowest BCUT2D eigenvalue weighted by Gasteiger charge is -1.99. The van der Waals surface area contributed by atoms with Crippen molar-refractivity contribution in [2.75, 3.05) is 11.5 Å². The molecular formula is C16H14N7+. The molecule has 0 saturated heterocycles. The van der Waals surface area contributed by atoms with E-state index in [4.69, 9.17) is 11.5 Å². The maximum atomic E-state index is 5.78. The van der Waals surface area contributed by atoms with Crippen LogP contribution in [0, 0.1) is 0 Å². The standard InChI is InChI=1S/C16H13N7/c17-14-6-5-13(15(18)21-14)23-22-9-3-4-12-11(8-9)10-2-1-7-19-16(10)20-12/h1-8H,(H,19,20)(H4,17,18,21)/p+1. The number of hydrogen-bond donors (Lipinski definition) is 3. The number of hydrogen-bond acceptors (Lipinski definition) is 5. The highest BCUT2D eigenvalue weighted by Crippen LogP contribution is 2.29. The van der Waals surface area contributed by atoms with Gasteiger partial charge in [0, 0.05) is 5.39 Å². The van der Waals surface area contributed by atoms with Crippen LogP contribution in [0.25, 0.3) is 21.9 Å². The van der Waals surface area contributed by atoms with Crippen molar-refractivity contribution in [1.82, 2.24) is 9.97 Å². The van der Waals surface area contributed by atoms with Crippen LogP contribution in [0.5, 0.6) is 0 Å². The van der Waals surface area contributed by atoms with Crippen molar-refractivity contribution in [1.29, 1.82) is 0 Å². The van der Waals surface area contributed by atoms with Crippen LogP contribution in [0.3, 0.4) is 0 Å². The number of azo groups is 1. The fourth-order valence-electron chi connectivity index (χ4n) is 2.51. The molecule has 6 N–H and O–H groups in total. The molecular weight excluding hydrogens is 290 g/mol. The van der Waals surface area contributed by atoms with E-state index in [1.54, 1.807) is 12.1 Å². The van der Waals surface area contributed by atoms with Crippen LogP contribution in [0.1, 0.15) is 0 Å². The van der Waals surface area contributed by atoms with Gasteiger partial charge in [-0.15, -0.1) is 5.11 Å². The Morgan fingerprint density at radius 1 is 1.00 bits per heavy atom. The first-order valence-electron chi connectivity index (χ1n) is 7.06. The molecule has 7 nitrogen and oxygen atoms in total. The number of benzene rings is 1. The Labute approximate surface area is 131 Å². The van der Waals surface area contributed by atoms with Gasteiger partial charge in [0.1, 0.15) is 17.0 Å². The number of pyridine rings is 2. The molecule has 7 heteroatoms. The first-order chi connectivity index (χ1) is 11.2. The normalized spacial score (nSPS) is 11.7. The highest BCUT2D eigenvalue weighted by molar-refractivity contribution is 6.05. The molecule has 0 radical (unpaired) electrons. The Kier molecular flexibility index (Phi) is 2.90. The summed E-state index contributed by atoms with van der Waals surface area (Å²) in [6.07, 6.45) is 1.88. The summed E-state index contributed by atoms with van der Waals surface area (Å²) in [7, 11) is 0. The molecule has 0 bridgehead atoms. The Bertz CT molecular complexity index is 1050. The Morgan fingerprint density at radius 2 is 1.91 bits per heavy atom. The summed E-state index contributed by atoms with van der Waals surface area (Å²) in [5, 5.41) is 10.6. The second-order valence-electron chi connectivity index (χ2n) is 5.15. The summed E-state index contributed by atoms with van der Waals surface area (Å²) < 4.78 is 0. The summed E-state index contributed by atoms with van der Waals surface area (Å²) >= 11 is 0. The fraction of sp³-hybridized carbons (Fsp3) is 0. The van der Waals surface area contributed by atoms with Crippen LogP contribution >= 0.6 is 0 Å².